The van der Waals surface area contributed by atoms with E-state index in [2.05, 4.69) is 21.2 Å². The van der Waals surface area contributed by atoms with Gasteiger partial charge in [-0.25, -0.2) is 9.59 Å². The van der Waals surface area contributed by atoms with Gasteiger partial charge in [-0.15, -0.1) is 0 Å². The van der Waals surface area contributed by atoms with Crippen molar-refractivity contribution in [3.63, 3.8) is 0 Å². The number of hydrogen-bond donors (Lipinski definition) is 1. The molecule has 1 N–H and O–H groups in total. The van der Waals surface area contributed by atoms with Crippen molar-refractivity contribution in [1.82, 2.24) is 5.32 Å². The molecule has 0 aromatic carbocycles. The summed E-state index contributed by atoms with van der Waals surface area (Å²) in [4.78, 5) is 23.7. The van der Waals surface area contributed by atoms with E-state index < -0.39 is 10.6 Å². The Bertz CT molecular complexity index is 617. The molecule has 1 heterocycles. The Balaban J connectivity index is 1.61. The maximum Gasteiger partial charge on any atom is 0.409 e. The van der Waals surface area contributed by atoms with Gasteiger partial charge in [0.2, 0.25) is 0 Å². The third-order valence-corrected chi connectivity index (χ3v) is 5.30. The van der Waals surface area contributed by atoms with Crippen molar-refractivity contribution < 1.29 is 13.9 Å². The molecule has 21 heavy (non-hydrogen) atoms. The standard InChI is InChI=1S/C14H16BrNO4S/c15-14(7-6-10-11(8-14)21-13(18)19-10)20-12(17)16-9-4-2-1-3-5-9/h6-7,9H,1-5,8H2,(H,16,17). The average molecular weight is 374 g/mol. The molecule has 1 aromatic heterocycles. The Morgan fingerprint density at radius 1 is 1.43 bits per heavy atom. The van der Waals surface area contributed by atoms with Gasteiger partial charge in [0.25, 0.3) is 0 Å². The average Bonchev–Trinajstić information content (AvgIpc) is 2.78. The normalized spacial score (nSPS) is 25.4. The first-order valence-corrected chi connectivity index (χ1v) is 8.65. The first kappa shape index (κ1) is 14.8. The number of carbonyl (C=O) groups excluding carboxylic acids is 1. The van der Waals surface area contributed by atoms with Crippen LogP contribution in [-0.4, -0.2) is 16.6 Å². The minimum Gasteiger partial charge on any atom is -0.427 e. The Labute approximate surface area is 134 Å². The second-order valence-electron chi connectivity index (χ2n) is 5.41. The molecule has 7 heteroatoms. The summed E-state index contributed by atoms with van der Waals surface area (Å²) in [5.74, 6) is 0.552. The van der Waals surface area contributed by atoms with Crippen LogP contribution in [0.5, 0.6) is 0 Å². The Morgan fingerprint density at radius 2 is 2.19 bits per heavy atom. The zero-order chi connectivity index (χ0) is 14.9. The maximum absolute atomic E-state index is 12.0. The number of nitrogens with one attached hydrogen (secondary N) is 1. The summed E-state index contributed by atoms with van der Waals surface area (Å²) in [6.45, 7) is 0. The molecule has 2 aliphatic carbocycles. The van der Waals surface area contributed by atoms with E-state index in [0.29, 0.717) is 12.2 Å². The molecule has 0 radical (unpaired) electrons. The number of carbonyl (C=O) groups is 1. The van der Waals surface area contributed by atoms with Crippen LogP contribution in [0.4, 0.5) is 4.79 Å². The van der Waals surface area contributed by atoms with E-state index in [0.717, 1.165) is 41.9 Å². The van der Waals surface area contributed by atoms with Crippen molar-refractivity contribution in [2.45, 2.75) is 49.1 Å². The van der Waals surface area contributed by atoms with Crippen LogP contribution in [0.2, 0.25) is 0 Å². The van der Waals surface area contributed by atoms with Crippen molar-refractivity contribution >= 4 is 39.4 Å². The Morgan fingerprint density at radius 3 is 2.95 bits per heavy atom. The molecule has 0 aliphatic heterocycles. The second-order valence-corrected chi connectivity index (χ2v) is 7.78. The zero-order valence-corrected chi connectivity index (χ0v) is 13.8. The fourth-order valence-corrected chi connectivity index (χ4v) is 4.29. The van der Waals surface area contributed by atoms with E-state index in [-0.39, 0.29) is 11.0 Å². The molecule has 1 atom stereocenters. The lowest BCUT2D eigenvalue weighted by Crippen LogP contribution is -2.41. The van der Waals surface area contributed by atoms with E-state index in [1.165, 1.54) is 6.42 Å². The van der Waals surface area contributed by atoms with Crippen LogP contribution in [-0.2, 0) is 11.2 Å². The highest BCUT2D eigenvalue weighted by molar-refractivity contribution is 9.10. The molecule has 1 saturated carbocycles. The minimum absolute atomic E-state index is 0.204. The molecule has 2 aliphatic rings. The molecule has 1 unspecified atom stereocenters. The summed E-state index contributed by atoms with van der Waals surface area (Å²) in [7, 11) is 0. The fraction of sp³-hybridized carbons (Fsp3) is 0.571. The third kappa shape index (κ3) is 3.58. The van der Waals surface area contributed by atoms with Gasteiger partial charge < -0.3 is 14.5 Å². The second kappa shape index (κ2) is 5.96. The van der Waals surface area contributed by atoms with Crippen LogP contribution in [0.15, 0.2) is 15.3 Å². The SMILES string of the molecule is O=C(NC1CCCCC1)OC1(Br)C=Cc2oc(=O)sc2C1. The summed E-state index contributed by atoms with van der Waals surface area (Å²) in [5.41, 5.74) is 0. The lowest BCUT2D eigenvalue weighted by molar-refractivity contribution is 0.101. The van der Waals surface area contributed by atoms with Crippen molar-refractivity contribution in [2.75, 3.05) is 0 Å². The first-order chi connectivity index (χ1) is 10.0. The highest BCUT2D eigenvalue weighted by atomic mass is 79.9. The van der Waals surface area contributed by atoms with Gasteiger partial charge in [0.15, 0.2) is 4.51 Å². The quantitative estimate of drug-likeness (QED) is 0.806. The van der Waals surface area contributed by atoms with Crippen molar-refractivity contribution in [1.29, 1.82) is 0 Å². The number of halogens is 1. The smallest absolute Gasteiger partial charge is 0.409 e. The van der Waals surface area contributed by atoms with E-state index in [4.69, 9.17) is 9.15 Å². The van der Waals surface area contributed by atoms with Crippen LogP contribution in [0.3, 0.4) is 0 Å². The number of alkyl halides is 1. The molecule has 1 amide bonds. The fourth-order valence-electron chi connectivity index (χ4n) is 2.71. The van der Waals surface area contributed by atoms with Gasteiger partial charge in [-0.2, -0.15) is 0 Å². The molecular weight excluding hydrogens is 358 g/mol. The highest BCUT2D eigenvalue weighted by Gasteiger charge is 2.35. The summed E-state index contributed by atoms with van der Waals surface area (Å²) in [6, 6.07) is 0.204. The molecule has 3 rings (SSSR count). The van der Waals surface area contributed by atoms with E-state index in [1.54, 1.807) is 12.2 Å². The largest absolute Gasteiger partial charge is 0.427 e. The van der Waals surface area contributed by atoms with Gasteiger partial charge in [0, 0.05) is 12.5 Å². The number of hydrogen-bond acceptors (Lipinski definition) is 5. The number of alkyl carbamates (subject to hydrolysis) is 1. The highest BCUT2D eigenvalue weighted by Crippen LogP contribution is 2.35. The molecule has 1 aromatic rings. The number of rotatable bonds is 2. The summed E-state index contributed by atoms with van der Waals surface area (Å²) in [6.07, 6.45) is 8.88. The number of amides is 1. The maximum atomic E-state index is 12.0. The zero-order valence-electron chi connectivity index (χ0n) is 11.4. The molecular formula is C14H16BrNO4S. The van der Waals surface area contributed by atoms with Crippen LogP contribution < -0.4 is 10.3 Å². The van der Waals surface area contributed by atoms with Crippen LogP contribution in [0, 0.1) is 0 Å². The van der Waals surface area contributed by atoms with Crippen molar-refractivity contribution in [2.24, 2.45) is 0 Å². The Kier molecular flexibility index (Phi) is 4.21. The van der Waals surface area contributed by atoms with Crippen LogP contribution >= 0.6 is 27.3 Å². The molecule has 0 saturated heterocycles. The topological polar surface area (TPSA) is 68.5 Å². The lowest BCUT2D eigenvalue weighted by Gasteiger charge is -2.28. The van der Waals surface area contributed by atoms with Crippen molar-refractivity contribution in [3.8, 4) is 0 Å². The van der Waals surface area contributed by atoms with E-state index in [9.17, 15) is 9.59 Å². The lowest BCUT2D eigenvalue weighted by atomic mass is 9.96. The molecule has 114 valence electrons. The Hall–Kier alpha value is -1.08. The predicted molar refractivity (Wildman–Crippen MR) is 83.7 cm³/mol. The third-order valence-electron chi connectivity index (χ3n) is 3.75. The summed E-state index contributed by atoms with van der Waals surface area (Å²) in [5, 5.41) is 2.91. The predicted octanol–water partition coefficient (Wildman–Crippen LogP) is 3.42. The first-order valence-electron chi connectivity index (χ1n) is 7.04. The molecule has 5 nitrogen and oxygen atoms in total. The van der Waals surface area contributed by atoms with E-state index >= 15 is 0 Å². The van der Waals surface area contributed by atoms with Gasteiger partial charge >= 0.3 is 11.0 Å². The van der Waals surface area contributed by atoms with Crippen molar-refractivity contribution in [3.05, 3.63) is 26.4 Å². The van der Waals surface area contributed by atoms with Crippen LogP contribution in [0.1, 0.15) is 42.7 Å². The number of fused-ring (bicyclic) bond motifs is 1. The minimum atomic E-state index is -0.911. The van der Waals surface area contributed by atoms with Crippen LogP contribution in [0.25, 0.3) is 6.08 Å². The molecule has 0 spiro atoms. The monoisotopic (exact) mass is 373 g/mol. The van der Waals surface area contributed by atoms with Gasteiger partial charge in [-0.1, -0.05) is 30.6 Å². The van der Waals surface area contributed by atoms with Gasteiger partial charge in [0.1, 0.15) is 5.76 Å². The van der Waals surface area contributed by atoms with Gasteiger partial charge in [-0.05, 0) is 40.9 Å². The van der Waals surface area contributed by atoms with E-state index in [1.807, 2.05) is 0 Å². The molecule has 0 bridgehead atoms. The summed E-state index contributed by atoms with van der Waals surface area (Å²) < 4.78 is 9.60. The molecule has 1 fully saturated rings. The van der Waals surface area contributed by atoms with Gasteiger partial charge in [0.05, 0.1) is 4.88 Å². The number of ether oxygens (including phenoxy) is 1. The van der Waals surface area contributed by atoms with Gasteiger partial charge in [-0.3, -0.25) is 0 Å². The summed E-state index contributed by atoms with van der Waals surface area (Å²) >= 11 is 4.47.